The molecule has 0 aliphatic rings. The Morgan fingerprint density at radius 1 is 1.69 bits per heavy atom. The van der Waals surface area contributed by atoms with Crippen molar-refractivity contribution < 1.29 is 4.79 Å². The van der Waals surface area contributed by atoms with Crippen LogP contribution in [-0.2, 0) is 13.6 Å². The topological polar surface area (TPSA) is 112 Å². The molecule has 9 heteroatoms. The Balaban J connectivity index is 2.08. The number of carbonyl (C=O) groups is 1. The molecule has 0 spiro atoms. The van der Waals surface area contributed by atoms with Crippen LogP contribution >= 0.6 is 11.3 Å². The van der Waals surface area contributed by atoms with Gasteiger partial charge in [-0.1, -0.05) is 5.10 Å². The Labute approximate surface area is 94.5 Å². The standard InChI is InChI=1S/C7H9N7OS/c1-14-12-7(11-13-14)10-6(15)4-3-16-5(2-8)9-4/h3H,2,8H2,1H3,(H,10,12,15). The van der Waals surface area contributed by atoms with Crippen LogP contribution in [-0.4, -0.2) is 31.1 Å². The molecular formula is C7H9N7OS. The van der Waals surface area contributed by atoms with Gasteiger partial charge in [-0.15, -0.1) is 16.4 Å². The molecule has 2 rings (SSSR count). The van der Waals surface area contributed by atoms with Crippen molar-refractivity contribution in [1.29, 1.82) is 0 Å². The van der Waals surface area contributed by atoms with Crippen LogP contribution in [0.2, 0.25) is 0 Å². The summed E-state index contributed by atoms with van der Waals surface area (Å²) < 4.78 is 0. The minimum Gasteiger partial charge on any atom is -0.325 e. The number of aryl methyl sites for hydroxylation is 1. The molecular weight excluding hydrogens is 230 g/mol. The summed E-state index contributed by atoms with van der Waals surface area (Å²) in [6.45, 7) is 0.321. The molecule has 0 bridgehead atoms. The van der Waals surface area contributed by atoms with Crippen molar-refractivity contribution in [3.05, 3.63) is 16.1 Å². The van der Waals surface area contributed by atoms with Gasteiger partial charge in [0.15, 0.2) is 0 Å². The van der Waals surface area contributed by atoms with E-state index in [0.29, 0.717) is 17.2 Å². The summed E-state index contributed by atoms with van der Waals surface area (Å²) in [5.74, 6) is -0.223. The number of hydrogen-bond donors (Lipinski definition) is 2. The Morgan fingerprint density at radius 3 is 3.06 bits per heavy atom. The van der Waals surface area contributed by atoms with E-state index in [4.69, 9.17) is 5.73 Å². The highest BCUT2D eigenvalue weighted by molar-refractivity contribution is 7.09. The summed E-state index contributed by atoms with van der Waals surface area (Å²) in [6.07, 6.45) is 0. The first-order valence-corrected chi connectivity index (χ1v) is 5.27. The number of anilines is 1. The van der Waals surface area contributed by atoms with Crippen LogP contribution in [0.1, 0.15) is 15.5 Å². The zero-order valence-corrected chi connectivity index (χ0v) is 9.23. The van der Waals surface area contributed by atoms with E-state index in [2.05, 4.69) is 25.7 Å². The number of rotatable bonds is 3. The molecule has 0 aliphatic heterocycles. The minimum atomic E-state index is -0.371. The number of aromatic nitrogens is 5. The predicted octanol–water partition coefficient (Wildman–Crippen LogP) is -0.622. The maximum absolute atomic E-state index is 11.6. The summed E-state index contributed by atoms with van der Waals surface area (Å²) >= 11 is 1.34. The summed E-state index contributed by atoms with van der Waals surface area (Å²) in [5, 5.41) is 15.8. The van der Waals surface area contributed by atoms with E-state index < -0.39 is 0 Å². The molecule has 8 nitrogen and oxygen atoms in total. The monoisotopic (exact) mass is 239 g/mol. The number of nitrogens with zero attached hydrogens (tertiary/aromatic N) is 5. The van der Waals surface area contributed by atoms with Crippen LogP contribution in [0.25, 0.3) is 0 Å². The van der Waals surface area contributed by atoms with Gasteiger partial charge in [-0.05, 0) is 5.21 Å². The number of tetrazole rings is 1. The molecule has 0 saturated carbocycles. The average Bonchev–Trinajstić information content (AvgIpc) is 2.87. The third-order valence-electron chi connectivity index (χ3n) is 1.69. The van der Waals surface area contributed by atoms with Gasteiger partial charge >= 0.3 is 0 Å². The lowest BCUT2D eigenvalue weighted by molar-refractivity contribution is 0.102. The molecule has 0 aliphatic carbocycles. The van der Waals surface area contributed by atoms with Gasteiger partial charge in [0, 0.05) is 11.9 Å². The van der Waals surface area contributed by atoms with Crippen molar-refractivity contribution in [3.63, 3.8) is 0 Å². The molecule has 84 valence electrons. The fraction of sp³-hybridized carbons (Fsp3) is 0.286. The third-order valence-corrected chi connectivity index (χ3v) is 2.56. The lowest BCUT2D eigenvalue weighted by Crippen LogP contribution is -2.14. The highest BCUT2D eigenvalue weighted by atomic mass is 32.1. The maximum Gasteiger partial charge on any atom is 0.277 e. The van der Waals surface area contributed by atoms with Crippen molar-refractivity contribution in [2.75, 3.05) is 5.32 Å². The Bertz CT molecular complexity index is 504. The van der Waals surface area contributed by atoms with Gasteiger partial charge in [-0.3, -0.25) is 10.1 Å². The molecule has 0 unspecified atom stereocenters. The van der Waals surface area contributed by atoms with E-state index in [1.165, 1.54) is 16.1 Å². The molecule has 0 fully saturated rings. The number of thiazole rings is 1. The average molecular weight is 239 g/mol. The van der Waals surface area contributed by atoms with Crippen molar-refractivity contribution in [2.24, 2.45) is 12.8 Å². The van der Waals surface area contributed by atoms with E-state index >= 15 is 0 Å². The first-order valence-electron chi connectivity index (χ1n) is 4.39. The smallest absolute Gasteiger partial charge is 0.277 e. The van der Waals surface area contributed by atoms with Crippen molar-refractivity contribution in [1.82, 2.24) is 25.2 Å². The first-order chi connectivity index (χ1) is 7.69. The lowest BCUT2D eigenvalue weighted by atomic mass is 10.4. The van der Waals surface area contributed by atoms with Crippen LogP contribution in [0.15, 0.2) is 5.38 Å². The zero-order chi connectivity index (χ0) is 11.5. The first kappa shape index (κ1) is 10.6. The van der Waals surface area contributed by atoms with Crippen LogP contribution in [0.5, 0.6) is 0 Å². The second-order valence-electron chi connectivity index (χ2n) is 2.89. The van der Waals surface area contributed by atoms with E-state index in [1.807, 2.05) is 0 Å². The fourth-order valence-electron chi connectivity index (χ4n) is 1.01. The second kappa shape index (κ2) is 4.33. The fourth-order valence-corrected chi connectivity index (χ4v) is 1.66. The Kier molecular flexibility index (Phi) is 2.88. The molecule has 2 aromatic heterocycles. The Morgan fingerprint density at radius 2 is 2.50 bits per heavy atom. The summed E-state index contributed by atoms with van der Waals surface area (Å²) in [4.78, 5) is 16.9. The van der Waals surface area contributed by atoms with Gasteiger partial charge in [-0.25, -0.2) is 4.98 Å². The quantitative estimate of drug-likeness (QED) is 0.738. The lowest BCUT2D eigenvalue weighted by Gasteiger charge is -1.95. The van der Waals surface area contributed by atoms with E-state index in [1.54, 1.807) is 12.4 Å². The largest absolute Gasteiger partial charge is 0.325 e. The summed E-state index contributed by atoms with van der Waals surface area (Å²) in [6, 6.07) is 0. The zero-order valence-electron chi connectivity index (χ0n) is 8.41. The number of hydrogen-bond acceptors (Lipinski definition) is 7. The molecule has 0 aromatic carbocycles. The molecule has 16 heavy (non-hydrogen) atoms. The number of nitrogens with two attached hydrogens (primary N) is 1. The third kappa shape index (κ3) is 2.20. The van der Waals surface area contributed by atoms with Gasteiger partial charge in [0.25, 0.3) is 11.9 Å². The minimum absolute atomic E-state index is 0.148. The highest BCUT2D eigenvalue weighted by Gasteiger charge is 2.12. The van der Waals surface area contributed by atoms with Crippen LogP contribution in [0, 0.1) is 0 Å². The van der Waals surface area contributed by atoms with Crippen LogP contribution < -0.4 is 11.1 Å². The van der Waals surface area contributed by atoms with Gasteiger partial charge in [0.05, 0.1) is 7.05 Å². The van der Waals surface area contributed by atoms with Crippen LogP contribution in [0.3, 0.4) is 0 Å². The molecule has 2 heterocycles. The van der Waals surface area contributed by atoms with Gasteiger partial charge in [-0.2, -0.15) is 4.80 Å². The summed E-state index contributed by atoms with van der Waals surface area (Å²) in [7, 11) is 1.61. The molecule has 0 radical (unpaired) electrons. The van der Waals surface area contributed by atoms with E-state index in [0.717, 1.165) is 0 Å². The molecule has 3 N–H and O–H groups in total. The normalized spacial score (nSPS) is 10.4. The second-order valence-corrected chi connectivity index (χ2v) is 3.83. The summed E-state index contributed by atoms with van der Waals surface area (Å²) in [5.41, 5.74) is 5.70. The van der Waals surface area contributed by atoms with Gasteiger partial charge in [0.2, 0.25) is 0 Å². The number of amides is 1. The van der Waals surface area contributed by atoms with Gasteiger partial charge < -0.3 is 5.73 Å². The van der Waals surface area contributed by atoms with Crippen molar-refractivity contribution in [2.45, 2.75) is 6.54 Å². The van der Waals surface area contributed by atoms with Gasteiger partial charge in [0.1, 0.15) is 10.7 Å². The maximum atomic E-state index is 11.6. The molecule has 0 atom stereocenters. The molecule has 0 saturated heterocycles. The highest BCUT2D eigenvalue weighted by Crippen LogP contribution is 2.09. The van der Waals surface area contributed by atoms with E-state index in [-0.39, 0.29) is 11.9 Å². The molecule has 2 aromatic rings. The van der Waals surface area contributed by atoms with Crippen molar-refractivity contribution >= 4 is 23.2 Å². The molecule has 1 amide bonds. The van der Waals surface area contributed by atoms with Crippen LogP contribution in [0.4, 0.5) is 5.95 Å². The van der Waals surface area contributed by atoms with Crippen molar-refractivity contribution in [3.8, 4) is 0 Å². The number of carbonyl (C=O) groups excluding carboxylic acids is 1. The van der Waals surface area contributed by atoms with E-state index in [9.17, 15) is 4.79 Å². The predicted molar refractivity (Wildman–Crippen MR) is 56.8 cm³/mol. The SMILES string of the molecule is Cn1nnc(NC(=O)c2csc(CN)n2)n1. The number of nitrogens with one attached hydrogen (secondary N) is 1. The Hall–Kier alpha value is -1.87.